The highest BCUT2D eigenvalue weighted by Crippen LogP contribution is 2.17. The molecule has 388 valence electrons. The molecule has 0 heterocycles. The summed E-state index contributed by atoms with van der Waals surface area (Å²) in [5.74, 6) is -0.107. The first-order chi connectivity index (χ1) is 32.5. The molecule has 3 N–H and O–H groups in total. The van der Waals surface area contributed by atoms with E-state index in [1.807, 2.05) is 6.08 Å². The summed E-state index contributed by atoms with van der Waals surface area (Å²) in [7, 11) is 0. The number of carbonyl (C=O) groups excluding carboxylic acids is 2. The van der Waals surface area contributed by atoms with Gasteiger partial charge < -0.3 is 20.3 Å². The van der Waals surface area contributed by atoms with Gasteiger partial charge >= 0.3 is 5.97 Å². The van der Waals surface area contributed by atoms with E-state index < -0.39 is 12.1 Å². The third kappa shape index (κ3) is 51.5. The first-order valence-electron chi connectivity index (χ1n) is 29.3. The molecule has 0 spiro atoms. The maximum absolute atomic E-state index is 12.5. The predicted molar refractivity (Wildman–Crippen MR) is 287 cm³/mol. The number of carbonyl (C=O) groups is 2. The van der Waals surface area contributed by atoms with E-state index in [9.17, 15) is 19.8 Å². The second kappa shape index (κ2) is 55.7. The second-order valence-electron chi connectivity index (χ2n) is 20.0. The molecule has 1 amide bonds. The van der Waals surface area contributed by atoms with Crippen molar-refractivity contribution in [1.29, 1.82) is 0 Å². The highest BCUT2D eigenvalue weighted by Gasteiger charge is 2.18. The van der Waals surface area contributed by atoms with Crippen molar-refractivity contribution in [3.63, 3.8) is 0 Å². The Morgan fingerprint density at radius 1 is 0.424 bits per heavy atom. The van der Waals surface area contributed by atoms with Gasteiger partial charge in [0.25, 0.3) is 0 Å². The monoisotopic (exact) mass is 928 g/mol. The molecule has 0 rings (SSSR count). The van der Waals surface area contributed by atoms with Crippen LogP contribution in [0.1, 0.15) is 309 Å². The minimum Gasteiger partial charge on any atom is -0.465 e. The number of allylic oxidation sites excluding steroid dienone is 4. The van der Waals surface area contributed by atoms with Gasteiger partial charge in [-0.3, -0.25) is 9.59 Å². The number of aliphatic hydroxyl groups is 2. The van der Waals surface area contributed by atoms with E-state index in [1.165, 1.54) is 231 Å². The molecule has 0 aromatic rings. The molecule has 0 radical (unpaired) electrons. The molecule has 0 fully saturated rings. The van der Waals surface area contributed by atoms with Gasteiger partial charge in [-0.15, -0.1) is 0 Å². The lowest BCUT2D eigenvalue weighted by molar-refractivity contribution is -0.143. The normalized spacial score (nSPS) is 12.8. The molecule has 0 aromatic heterocycles. The molecular weight excluding hydrogens is 815 g/mol. The maximum atomic E-state index is 12.5. The van der Waals surface area contributed by atoms with Crippen LogP contribution in [0.25, 0.3) is 0 Å². The second-order valence-corrected chi connectivity index (χ2v) is 20.0. The lowest BCUT2D eigenvalue weighted by Crippen LogP contribution is -2.45. The number of rotatable bonds is 54. The SMILES string of the molecule is CCCCCCCCCCCCCCCC/C=C/C(O)C(CO)NC(=O)CCCCCCCCCCCCCCCC/C=C\C/C=C\CCOC(=O)CCCCCCCCCCCCCC. The van der Waals surface area contributed by atoms with Crippen LogP contribution in [0.15, 0.2) is 36.5 Å². The van der Waals surface area contributed by atoms with Gasteiger partial charge in [0.1, 0.15) is 0 Å². The Labute approximate surface area is 411 Å². The molecule has 2 unspecified atom stereocenters. The quantitative estimate of drug-likeness (QED) is 0.0321. The van der Waals surface area contributed by atoms with Gasteiger partial charge in [0.2, 0.25) is 5.91 Å². The van der Waals surface area contributed by atoms with Crippen molar-refractivity contribution in [2.24, 2.45) is 0 Å². The lowest BCUT2D eigenvalue weighted by Gasteiger charge is -2.20. The van der Waals surface area contributed by atoms with E-state index in [4.69, 9.17) is 4.74 Å². The van der Waals surface area contributed by atoms with Gasteiger partial charge in [0.15, 0.2) is 0 Å². The van der Waals surface area contributed by atoms with Crippen LogP contribution in [-0.2, 0) is 14.3 Å². The topological polar surface area (TPSA) is 95.9 Å². The summed E-state index contributed by atoms with van der Waals surface area (Å²) < 4.78 is 5.40. The first kappa shape index (κ1) is 64.1. The molecule has 0 aliphatic rings. The number of nitrogens with one attached hydrogen (secondary N) is 1. The summed E-state index contributed by atoms with van der Waals surface area (Å²) in [5, 5.41) is 23.1. The minimum absolute atomic E-state index is 0.0353. The van der Waals surface area contributed by atoms with Crippen molar-refractivity contribution in [3.05, 3.63) is 36.5 Å². The van der Waals surface area contributed by atoms with E-state index in [-0.39, 0.29) is 18.5 Å². The number of hydrogen-bond donors (Lipinski definition) is 3. The Balaban J connectivity index is 3.48. The molecule has 0 aromatic carbocycles. The van der Waals surface area contributed by atoms with Gasteiger partial charge in [0, 0.05) is 12.8 Å². The van der Waals surface area contributed by atoms with Crippen molar-refractivity contribution in [2.45, 2.75) is 321 Å². The Hall–Kier alpha value is -1.92. The molecule has 0 bridgehead atoms. The van der Waals surface area contributed by atoms with Crippen molar-refractivity contribution < 1.29 is 24.5 Å². The Morgan fingerprint density at radius 2 is 0.758 bits per heavy atom. The Kier molecular flexibility index (Phi) is 54.1. The predicted octanol–water partition coefficient (Wildman–Crippen LogP) is 18.0. The molecule has 66 heavy (non-hydrogen) atoms. The molecule has 0 saturated heterocycles. The number of aliphatic hydroxyl groups excluding tert-OH is 2. The van der Waals surface area contributed by atoms with Gasteiger partial charge in [0.05, 0.1) is 25.4 Å². The van der Waals surface area contributed by atoms with Crippen LogP contribution in [0, 0.1) is 0 Å². The van der Waals surface area contributed by atoms with Crippen LogP contribution in [0.3, 0.4) is 0 Å². The maximum Gasteiger partial charge on any atom is 0.305 e. The fourth-order valence-electron chi connectivity index (χ4n) is 8.94. The molecule has 2 atom stereocenters. The zero-order valence-electron chi connectivity index (χ0n) is 44.2. The van der Waals surface area contributed by atoms with E-state index in [0.717, 1.165) is 51.4 Å². The largest absolute Gasteiger partial charge is 0.465 e. The van der Waals surface area contributed by atoms with E-state index >= 15 is 0 Å². The van der Waals surface area contributed by atoms with Crippen molar-refractivity contribution in [3.8, 4) is 0 Å². The molecule has 0 saturated carbocycles. The van der Waals surface area contributed by atoms with Crippen LogP contribution in [0.4, 0.5) is 0 Å². The van der Waals surface area contributed by atoms with Crippen LogP contribution in [0.2, 0.25) is 0 Å². The lowest BCUT2D eigenvalue weighted by atomic mass is 10.0. The summed E-state index contributed by atoms with van der Waals surface area (Å²) in [6, 6.07) is -0.632. The standard InChI is InChI=1S/C60H113NO5/c1-3-5-7-9-11-13-15-17-18-26-29-32-36-40-44-48-52-58(63)57(56-62)61-59(64)53-49-45-41-37-33-30-27-24-22-20-19-21-23-25-28-31-35-39-43-47-51-55-66-60(65)54-50-46-42-38-34-16-14-12-10-8-6-4-2/h31,35,43,47-48,52,57-58,62-63H,3-30,32-34,36-42,44-46,49-51,53-56H2,1-2H3,(H,61,64)/b35-31-,47-43-,52-48+. The van der Waals surface area contributed by atoms with Gasteiger partial charge in [-0.1, -0.05) is 281 Å². The molecule has 0 aliphatic heterocycles. The number of ether oxygens (including phenoxy) is 1. The highest BCUT2D eigenvalue weighted by atomic mass is 16.5. The molecule has 6 nitrogen and oxygen atoms in total. The zero-order valence-corrected chi connectivity index (χ0v) is 44.2. The average Bonchev–Trinajstić information content (AvgIpc) is 3.32. The Bertz CT molecular complexity index is 1070. The third-order valence-electron chi connectivity index (χ3n) is 13.4. The van der Waals surface area contributed by atoms with Crippen LogP contribution in [0.5, 0.6) is 0 Å². The fourth-order valence-corrected chi connectivity index (χ4v) is 8.94. The van der Waals surface area contributed by atoms with E-state index in [0.29, 0.717) is 19.4 Å². The van der Waals surface area contributed by atoms with Crippen molar-refractivity contribution in [2.75, 3.05) is 13.2 Å². The van der Waals surface area contributed by atoms with Crippen LogP contribution < -0.4 is 5.32 Å². The fraction of sp³-hybridized carbons (Fsp3) is 0.867. The van der Waals surface area contributed by atoms with E-state index in [2.05, 4.69) is 43.5 Å². The molecular formula is C60H113NO5. The molecule has 6 heteroatoms. The summed E-state index contributed by atoms with van der Waals surface area (Å²) in [6.45, 7) is 4.80. The number of hydrogen-bond acceptors (Lipinski definition) is 5. The average molecular weight is 929 g/mol. The minimum atomic E-state index is -0.848. The van der Waals surface area contributed by atoms with Gasteiger partial charge in [-0.2, -0.15) is 0 Å². The summed E-state index contributed by atoms with van der Waals surface area (Å²) >= 11 is 0. The van der Waals surface area contributed by atoms with Gasteiger partial charge in [-0.05, 0) is 51.4 Å². The highest BCUT2D eigenvalue weighted by molar-refractivity contribution is 5.76. The zero-order chi connectivity index (χ0) is 47.9. The number of esters is 1. The first-order valence-corrected chi connectivity index (χ1v) is 29.3. The summed E-state index contributed by atoms with van der Waals surface area (Å²) in [4.78, 5) is 24.4. The number of amides is 1. The summed E-state index contributed by atoms with van der Waals surface area (Å²) in [6.07, 6.45) is 69.0. The molecule has 0 aliphatic carbocycles. The van der Waals surface area contributed by atoms with E-state index in [1.54, 1.807) is 6.08 Å². The number of unbranched alkanes of at least 4 members (excludes halogenated alkanes) is 39. The van der Waals surface area contributed by atoms with Crippen molar-refractivity contribution in [1.82, 2.24) is 5.32 Å². The van der Waals surface area contributed by atoms with Crippen molar-refractivity contribution >= 4 is 11.9 Å². The smallest absolute Gasteiger partial charge is 0.305 e. The Morgan fingerprint density at radius 3 is 1.15 bits per heavy atom. The van der Waals surface area contributed by atoms with Gasteiger partial charge in [-0.25, -0.2) is 0 Å². The summed E-state index contributed by atoms with van der Waals surface area (Å²) in [5.41, 5.74) is 0. The van der Waals surface area contributed by atoms with Crippen LogP contribution >= 0.6 is 0 Å². The third-order valence-corrected chi connectivity index (χ3v) is 13.4. The van der Waals surface area contributed by atoms with Crippen LogP contribution in [-0.4, -0.2) is 47.4 Å².